The van der Waals surface area contributed by atoms with Crippen molar-refractivity contribution in [1.82, 2.24) is 10.2 Å². The quantitative estimate of drug-likeness (QED) is 0.598. The summed E-state index contributed by atoms with van der Waals surface area (Å²) < 4.78 is 26.4. The number of nitrogens with one attached hydrogen (secondary N) is 1. The van der Waals surface area contributed by atoms with Gasteiger partial charge >= 0.3 is 0 Å². The van der Waals surface area contributed by atoms with Crippen LogP contribution in [0.25, 0.3) is 0 Å². The number of carbonyl (C=O) groups is 2. The van der Waals surface area contributed by atoms with E-state index < -0.39 is 28.5 Å². The first-order valence-corrected chi connectivity index (χ1v) is 12.5. The van der Waals surface area contributed by atoms with Crippen LogP contribution < -0.4 is 9.62 Å². The van der Waals surface area contributed by atoms with Crippen LogP contribution in [0.3, 0.4) is 0 Å². The summed E-state index contributed by atoms with van der Waals surface area (Å²) in [5.41, 5.74) is 2.78. The van der Waals surface area contributed by atoms with Gasteiger partial charge in [0.05, 0.1) is 11.9 Å². The maximum Gasteiger partial charge on any atom is 0.244 e. The Balaban J connectivity index is 2.49. The molecule has 0 saturated carbocycles. The first kappa shape index (κ1) is 25.7. The molecule has 174 valence electrons. The normalized spacial score (nSPS) is 12.2. The molecule has 1 atom stereocenters. The number of amides is 2. The molecule has 0 radical (unpaired) electrons. The summed E-state index contributed by atoms with van der Waals surface area (Å²) in [5.74, 6) is -0.822. The molecule has 0 spiro atoms. The molecule has 2 aromatic carbocycles. The number of benzene rings is 2. The third kappa shape index (κ3) is 6.01. The predicted octanol–water partition coefficient (Wildman–Crippen LogP) is 3.28. The van der Waals surface area contributed by atoms with Gasteiger partial charge in [-0.25, -0.2) is 8.42 Å². The van der Waals surface area contributed by atoms with Crippen molar-refractivity contribution in [2.45, 2.75) is 39.8 Å². The monoisotopic (exact) mass is 479 g/mol. The van der Waals surface area contributed by atoms with E-state index in [9.17, 15) is 18.0 Å². The van der Waals surface area contributed by atoms with Crippen LogP contribution in [0.5, 0.6) is 0 Å². The Morgan fingerprint density at radius 1 is 1.09 bits per heavy atom. The molecule has 0 heterocycles. The van der Waals surface area contributed by atoms with Gasteiger partial charge in [0.15, 0.2) is 0 Å². The van der Waals surface area contributed by atoms with E-state index in [0.717, 1.165) is 21.7 Å². The van der Waals surface area contributed by atoms with Crippen LogP contribution in [0.4, 0.5) is 5.69 Å². The molecule has 1 unspecified atom stereocenters. The molecule has 0 bridgehead atoms. The SMILES string of the molecule is CCC(C(=O)NC)N(Cc1ccccc1Cl)C(=O)CN(c1cccc(C)c1C)S(C)(=O)=O. The number of likely N-dealkylation sites (N-methyl/N-ethyl adjacent to an activating group) is 1. The molecule has 2 rings (SSSR count). The number of hydrogen-bond acceptors (Lipinski definition) is 4. The van der Waals surface area contributed by atoms with Crippen molar-refractivity contribution in [2.75, 3.05) is 24.2 Å². The highest BCUT2D eigenvalue weighted by Crippen LogP contribution is 2.26. The fourth-order valence-corrected chi connectivity index (χ4v) is 4.59. The maximum atomic E-state index is 13.5. The van der Waals surface area contributed by atoms with E-state index in [1.807, 2.05) is 19.9 Å². The minimum Gasteiger partial charge on any atom is -0.357 e. The Morgan fingerprint density at radius 2 is 1.75 bits per heavy atom. The highest BCUT2D eigenvalue weighted by molar-refractivity contribution is 7.92. The van der Waals surface area contributed by atoms with Gasteiger partial charge in [0.1, 0.15) is 12.6 Å². The summed E-state index contributed by atoms with van der Waals surface area (Å²) in [5, 5.41) is 3.05. The third-order valence-electron chi connectivity index (χ3n) is 5.45. The molecule has 2 aromatic rings. The van der Waals surface area contributed by atoms with Crippen molar-refractivity contribution in [1.29, 1.82) is 0 Å². The fraction of sp³-hybridized carbons (Fsp3) is 0.391. The zero-order chi connectivity index (χ0) is 24.1. The van der Waals surface area contributed by atoms with Gasteiger partial charge in [0.25, 0.3) is 0 Å². The average Bonchev–Trinajstić information content (AvgIpc) is 2.74. The number of rotatable bonds is 9. The predicted molar refractivity (Wildman–Crippen MR) is 128 cm³/mol. The Labute approximate surface area is 195 Å². The van der Waals surface area contributed by atoms with Crippen molar-refractivity contribution >= 4 is 39.1 Å². The number of carbonyl (C=O) groups excluding carboxylic acids is 2. The van der Waals surface area contributed by atoms with Crippen molar-refractivity contribution in [3.8, 4) is 0 Å². The first-order valence-electron chi connectivity index (χ1n) is 10.3. The lowest BCUT2D eigenvalue weighted by atomic mass is 10.1. The molecule has 7 nitrogen and oxygen atoms in total. The molecule has 1 N–H and O–H groups in total. The zero-order valence-electron chi connectivity index (χ0n) is 19.1. The summed E-state index contributed by atoms with van der Waals surface area (Å²) in [7, 11) is -2.26. The number of anilines is 1. The van der Waals surface area contributed by atoms with Gasteiger partial charge in [-0.15, -0.1) is 0 Å². The Hall–Kier alpha value is -2.58. The van der Waals surface area contributed by atoms with Crippen molar-refractivity contribution in [2.24, 2.45) is 0 Å². The second-order valence-electron chi connectivity index (χ2n) is 7.64. The molecule has 0 fully saturated rings. The van der Waals surface area contributed by atoms with E-state index in [-0.39, 0.29) is 12.5 Å². The number of halogens is 1. The van der Waals surface area contributed by atoms with E-state index >= 15 is 0 Å². The first-order chi connectivity index (χ1) is 15.0. The van der Waals surface area contributed by atoms with E-state index in [4.69, 9.17) is 11.6 Å². The zero-order valence-corrected chi connectivity index (χ0v) is 20.6. The van der Waals surface area contributed by atoms with E-state index in [1.165, 1.54) is 11.9 Å². The Kier molecular flexibility index (Phi) is 8.69. The van der Waals surface area contributed by atoms with Crippen LogP contribution in [0.1, 0.15) is 30.0 Å². The van der Waals surface area contributed by atoms with Gasteiger partial charge in [-0.1, -0.05) is 48.9 Å². The standard InChI is InChI=1S/C23H30ClN3O4S/c1-6-20(23(29)25-4)26(14-18-11-7-8-12-19(18)24)22(28)15-27(32(5,30)31)21-13-9-10-16(2)17(21)3/h7-13,20H,6,14-15H2,1-5H3,(H,25,29). The molecule has 2 amide bonds. The van der Waals surface area contributed by atoms with Crippen molar-refractivity contribution < 1.29 is 18.0 Å². The summed E-state index contributed by atoms with van der Waals surface area (Å²) in [6.07, 6.45) is 1.43. The molecule has 0 saturated heterocycles. The number of hydrogen-bond donors (Lipinski definition) is 1. The van der Waals surface area contributed by atoms with Crippen LogP contribution in [-0.4, -0.2) is 51.0 Å². The van der Waals surface area contributed by atoms with Gasteiger partial charge in [-0.2, -0.15) is 0 Å². The topological polar surface area (TPSA) is 86.8 Å². The van der Waals surface area contributed by atoms with Gasteiger partial charge in [0, 0.05) is 18.6 Å². The Bertz CT molecular complexity index is 1090. The average molecular weight is 480 g/mol. The van der Waals surface area contributed by atoms with Gasteiger partial charge < -0.3 is 10.2 Å². The molecule has 0 aliphatic heterocycles. The third-order valence-corrected chi connectivity index (χ3v) is 6.95. The number of aryl methyl sites for hydroxylation is 1. The summed E-state index contributed by atoms with van der Waals surface area (Å²) in [6, 6.07) is 11.6. The number of nitrogens with zero attached hydrogens (tertiary/aromatic N) is 2. The molecule has 32 heavy (non-hydrogen) atoms. The largest absolute Gasteiger partial charge is 0.357 e. The molecular weight excluding hydrogens is 450 g/mol. The van der Waals surface area contributed by atoms with Crippen LogP contribution in [0.15, 0.2) is 42.5 Å². The minimum atomic E-state index is -3.77. The summed E-state index contributed by atoms with van der Waals surface area (Å²) in [4.78, 5) is 27.4. The molecular formula is C23H30ClN3O4S. The molecule has 9 heteroatoms. The van der Waals surface area contributed by atoms with E-state index in [0.29, 0.717) is 22.7 Å². The van der Waals surface area contributed by atoms with Crippen LogP contribution in [-0.2, 0) is 26.2 Å². The smallest absolute Gasteiger partial charge is 0.244 e. The van der Waals surface area contributed by atoms with Crippen molar-refractivity contribution in [3.63, 3.8) is 0 Å². The van der Waals surface area contributed by atoms with E-state index in [1.54, 1.807) is 43.3 Å². The second-order valence-corrected chi connectivity index (χ2v) is 9.95. The Morgan fingerprint density at radius 3 is 2.31 bits per heavy atom. The molecule has 0 aliphatic rings. The van der Waals surface area contributed by atoms with Crippen LogP contribution in [0.2, 0.25) is 5.02 Å². The second kappa shape index (κ2) is 10.8. The van der Waals surface area contributed by atoms with Gasteiger partial charge in [-0.05, 0) is 49.1 Å². The van der Waals surface area contributed by atoms with E-state index in [2.05, 4.69) is 5.32 Å². The van der Waals surface area contributed by atoms with Gasteiger partial charge in [0.2, 0.25) is 21.8 Å². The highest BCUT2D eigenvalue weighted by atomic mass is 35.5. The summed E-state index contributed by atoms with van der Waals surface area (Å²) >= 11 is 6.30. The van der Waals surface area contributed by atoms with Crippen molar-refractivity contribution in [3.05, 3.63) is 64.2 Å². The molecule has 0 aliphatic carbocycles. The number of sulfonamides is 1. The highest BCUT2D eigenvalue weighted by Gasteiger charge is 2.32. The lowest BCUT2D eigenvalue weighted by Gasteiger charge is -2.33. The van der Waals surface area contributed by atoms with Crippen LogP contribution >= 0.6 is 11.6 Å². The molecule has 0 aromatic heterocycles. The summed E-state index contributed by atoms with van der Waals surface area (Å²) in [6.45, 7) is 5.14. The lowest BCUT2D eigenvalue weighted by molar-refractivity contribution is -0.140. The lowest BCUT2D eigenvalue weighted by Crippen LogP contribution is -2.51. The fourth-order valence-electron chi connectivity index (χ4n) is 3.50. The minimum absolute atomic E-state index is 0.0782. The van der Waals surface area contributed by atoms with Gasteiger partial charge in [-0.3, -0.25) is 13.9 Å². The maximum absolute atomic E-state index is 13.5. The van der Waals surface area contributed by atoms with Crippen LogP contribution in [0, 0.1) is 13.8 Å².